The standard InChI is InChI=1S/C46H28O2/c1-3-13-29(14-4-1)32-25-40(39-28-42(48-44(39)27-32)30-15-5-2-6-16-30)46-37-20-9-7-18-35(37)45(36-19-8-10-21-38(36)46)31-23-24-34-33-17-11-12-22-41(33)47-43(34)26-31/h1-28H. The van der Waals surface area contributed by atoms with Crippen LogP contribution in [0.1, 0.15) is 0 Å². The fourth-order valence-corrected chi connectivity index (χ4v) is 7.50. The van der Waals surface area contributed by atoms with Crippen molar-refractivity contribution in [2.45, 2.75) is 0 Å². The van der Waals surface area contributed by atoms with Crippen molar-refractivity contribution in [2.24, 2.45) is 0 Å². The number of benzene rings is 8. The first-order valence-corrected chi connectivity index (χ1v) is 16.3. The summed E-state index contributed by atoms with van der Waals surface area (Å²) >= 11 is 0. The molecule has 2 heterocycles. The Labute approximate surface area is 277 Å². The summed E-state index contributed by atoms with van der Waals surface area (Å²) in [6.45, 7) is 0. The number of fused-ring (bicyclic) bond motifs is 6. The smallest absolute Gasteiger partial charge is 0.136 e. The SMILES string of the molecule is c1ccc(-c2cc(-c3c4ccccc4c(-c4ccc5c(c4)oc4ccccc45)c4ccccc34)c3cc(-c4ccccc4)oc3c2)cc1. The van der Waals surface area contributed by atoms with Crippen molar-refractivity contribution in [1.82, 2.24) is 0 Å². The van der Waals surface area contributed by atoms with Gasteiger partial charge in [0.1, 0.15) is 22.5 Å². The topological polar surface area (TPSA) is 26.3 Å². The summed E-state index contributed by atoms with van der Waals surface area (Å²) in [5, 5.41) is 8.17. The monoisotopic (exact) mass is 612 g/mol. The van der Waals surface area contributed by atoms with Crippen LogP contribution >= 0.6 is 0 Å². The molecule has 2 aromatic heterocycles. The van der Waals surface area contributed by atoms with Crippen molar-refractivity contribution in [3.8, 4) is 44.7 Å². The summed E-state index contributed by atoms with van der Waals surface area (Å²) < 4.78 is 13.0. The highest BCUT2D eigenvalue weighted by molar-refractivity contribution is 6.24. The maximum absolute atomic E-state index is 6.65. The van der Waals surface area contributed by atoms with Gasteiger partial charge < -0.3 is 8.83 Å². The third-order valence-electron chi connectivity index (χ3n) is 9.67. The van der Waals surface area contributed by atoms with Gasteiger partial charge in [-0.15, -0.1) is 0 Å². The van der Waals surface area contributed by atoms with Crippen LogP contribution in [0.25, 0.3) is 99.2 Å². The van der Waals surface area contributed by atoms with Crippen molar-refractivity contribution in [2.75, 3.05) is 0 Å². The maximum atomic E-state index is 6.65. The number of rotatable bonds is 4. The molecular formula is C46H28O2. The van der Waals surface area contributed by atoms with E-state index < -0.39 is 0 Å². The summed E-state index contributed by atoms with van der Waals surface area (Å²) in [5.41, 5.74) is 10.7. The Hall–Kier alpha value is -6.38. The first-order valence-electron chi connectivity index (χ1n) is 16.3. The summed E-state index contributed by atoms with van der Waals surface area (Å²) in [5.74, 6) is 0.862. The predicted octanol–water partition coefficient (Wildman–Crippen LogP) is 13.3. The van der Waals surface area contributed by atoms with E-state index in [2.05, 4.69) is 152 Å². The van der Waals surface area contributed by atoms with Crippen LogP contribution in [-0.2, 0) is 0 Å². The molecule has 0 atom stereocenters. The van der Waals surface area contributed by atoms with Gasteiger partial charge in [0.15, 0.2) is 0 Å². The van der Waals surface area contributed by atoms with Crippen molar-refractivity contribution >= 4 is 54.5 Å². The molecule has 0 fully saturated rings. The van der Waals surface area contributed by atoms with E-state index in [0.29, 0.717) is 0 Å². The molecule has 0 radical (unpaired) electrons. The van der Waals surface area contributed by atoms with Crippen LogP contribution in [0.15, 0.2) is 179 Å². The third kappa shape index (κ3) is 4.13. The second-order valence-corrected chi connectivity index (χ2v) is 12.4. The van der Waals surface area contributed by atoms with Crippen LogP contribution in [0.3, 0.4) is 0 Å². The van der Waals surface area contributed by atoms with Gasteiger partial charge in [0.2, 0.25) is 0 Å². The van der Waals surface area contributed by atoms with Crippen molar-refractivity contribution in [3.63, 3.8) is 0 Å². The van der Waals surface area contributed by atoms with E-state index >= 15 is 0 Å². The van der Waals surface area contributed by atoms with Crippen LogP contribution in [-0.4, -0.2) is 0 Å². The molecular weight excluding hydrogens is 585 g/mol. The number of hydrogen-bond acceptors (Lipinski definition) is 2. The zero-order chi connectivity index (χ0) is 31.6. The van der Waals surface area contributed by atoms with E-state index in [4.69, 9.17) is 8.83 Å². The van der Waals surface area contributed by atoms with Gasteiger partial charge >= 0.3 is 0 Å². The fraction of sp³-hybridized carbons (Fsp3) is 0. The van der Waals surface area contributed by atoms with Crippen molar-refractivity contribution in [1.29, 1.82) is 0 Å². The highest BCUT2D eigenvalue weighted by Gasteiger charge is 2.21. The molecule has 0 amide bonds. The van der Waals surface area contributed by atoms with Gasteiger partial charge in [-0.3, -0.25) is 0 Å². The Bertz CT molecular complexity index is 2760. The molecule has 2 heteroatoms. The number of hydrogen-bond donors (Lipinski definition) is 0. The quantitative estimate of drug-likeness (QED) is 0.185. The second kappa shape index (κ2) is 10.6. The first kappa shape index (κ1) is 26.8. The molecule has 0 saturated carbocycles. The maximum Gasteiger partial charge on any atom is 0.136 e. The van der Waals surface area contributed by atoms with Gasteiger partial charge in [-0.25, -0.2) is 0 Å². The van der Waals surface area contributed by atoms with Crippen LogP contribution in [0.5, 0.6) is 0 Å². The van der Waals surface area contributed by atoms with Gasteiger partial charge in [-0.1, -0.05) is 133 Å². The number of para-hydroxylation sites is 1. The molecule has 48 heavy (non-hydrogen) atoms. The van der Waals surface area contributed by atoms with E-state index in [0.717, 1.165) is 66.5 Å². The lowest BCUT2D eigenvalue weighted by molar-refractivity contribution is 0.632. The molecule has 10 aromatic rings. The molecule has 0 bridgehead atoms. The average Bonchev–Trinajstić information content (AvgIpc) is 3.76. The Kier molecular flexibility index (Phi) is 5.91. The lowest BCUT2D eigenvalue weighted by Crippen LogP contribution is -1.92. The van der Waals surface area contributed by atoms with Crippen LogP contribution in [0.4, 0.5) is 0 Å². The van der Waals surface area contributed by atoms with Gasteiger partial charge in [-0.2, -0.15) is 0 Å². The van der Waals surface area contributed by atoms with E-state index in [1.807, 2.05) is 18.2 Å². The van der Waals surface area contributed by atoms with Gasteiger partial charge in [0.05, 0.1) is 0 Å². The average molecular weight is 613 g/mol. The summed E-state index contributed by atoms with van der Waals surface area (Å²) in [7, 11) is 0. The Balaban J connectivity index is 1.30. The first-order chi connectivity index (χ1) is 23.8. The van der Waals surface area contributed by atoms with Crippen LogP contribution in [0, 0.1) is 0 Å². The molecule has 0 aliphatic rings. The molecule has 0 unspecified atom stereocenters. The molecule has 224 valence electrons. The van der Waals surface area contributed by atoms with Crippen molar-refractivity contribution < 1.29 is 8.83 Å². The molecule has 8 aromatic carbocycles. The molecule has 10 rings (SSSR count). The summed E-state index contributed by atoms with van der Waals surface area (Å²) in [4.78, 5) is 0. The third-order valence-corrected chi connectivity index (χ3v) is 9.67. The molecule has 2 nitrogen and oxygen atoms in total. The highest BCUT2D eigenvalue weighted by Crippen LogP contribution is 2.48. The number of furan rings is 2. The molecule has 0 aliphatic heterocycles. The minimum atomic E-state index is 0.862. The Morgan fingerprint density at radius 3 is 1.48 bits per heavy atom. The van der Waals surface area contributed by atoms with Crippen LogP contribution < -0.4 is 0 Å². The minimum absolute atomic E-state index is 0.862. The fourth-order valence-electron chi connectivity index (χ4n) is 7.50. The van der Waals surface area contributed by atoms with E-state index in [1.165, 1.54) is 32.7 Å². The second-order valence-electron chi connectivity index (χ2n) is 12.4. The van der Waals surface area contributed by atoms with E-state index in [-0.39, 0.29) is 0 Å². The van der Waals surface area contributed by atoms with Gasteiger partial charge in [0.25, 0.3) is 0 Å². The Morgan fingerprint density at radius 2 is 0.792 bits per heavy atom. The molecule has 0 aliphatic carbocycles. The molecule has 0 N–H and O–H groups in total. The molecule has 0 saturated heterocycles. The van der Waals surface area contributed by atoms with E-state index in [9.17, 15) is 0 Å². The highest BCUT2D eigenvalue weighted by atomic mass is 16.3. The Morgan fingerprint density at radius 1 is 0.271 bits per heavy atom. The zero-order valence-electron chi connectivity index (χ0n) is 26.0. The summed E-state index contributed by atoms with van der Waals surface area (Å²) in [6.07, 6.45) is 0. The zero-order valence-corrected chi connectivity index (χ0v) is 26.0. The van der Waals surface area contributed by atoms with E-state index in [1.54, 1.807) is 0 Å². The normalized spacial score (nSPS) is 11.8. The van der Waals surface area contributed by atoms with Gasteiger partial charge in [0, 0.05) is 21.7 Å². The summed E-state index contributed by atoms with van der Waals surface area (Å²) in [6, 6.07) is 60.2. The molecule has 0 spiro atoms. The largest absolute Gasteiger partial charge is 0.456 e. The van der Waals surface area contributed by atoms with Crippen LogP contribution in [0.2, 0.25) is 0 Å². The predicted molar refractivity (Wildman–Crippen MR) is 200 cm³/mol. The van der Waals surface area contributed by atoms with Gasteiger partial charge in [-0.05, 0) is 91.3 Å². The van der Waals surface area contributed by atoms with Crippen molar-refractivity contribution in [3.05, 3.63) is 170 Å². The lowest BCUT2D eigenvalue weighted by atomic mass is 9.84. The lowest BCUT2D eigenvalue weighted by Gasteiger charge is -2.18. The minimum Gasteiger partial charge on any atom is -0.456 e.